The number of nitrogens with zero attached hydrogens (tertiary/aromatic N) is 3. The normalized spacial score (nSPS) is 17.4. The monoisotopic (exact) mass is 653 g/mol. The molecule has 0 bridgehead atoms. The van der Waals surface area contributed by atoms with Gasteiger partial charge in [0.2, 0.25) is 0 Å². The van der Waals surface area contributed by atoms with Crippen molar-refractivity contribution in [3.8, 4) is 17.2 Å². The Morgan fingerprint density at radius 2 is 0.979 bits per heavy atom. The Labute approximate surface area is 291 Å². The number of benzene rings is 3. The Kier molecular flexibility index (Phi) is 17.6. The van der Waals surface area contributed by atoms with Gasteiger partial charge in [-0.15, -0.1) is 0 Å². The van der Waals surface area contributed by atoms with Crippen molar-refractivity contribution in [3.05, 3.63) is 108 Å². The molecule has 2 fully saturated rings. The summed E-state index contributed by atoms with van der Waals surface area (Å²) in [4.78, 5) is 6.77. The molecule has 2 heterocycles. The number of hydrogen-bond acceptors (Lipinski definition) is 6. The molecule has 0 radical (unpaired) electrons. The van der Waals surface area contributed by atoms with Crippen molar-refractivity contribution in [1.82, 2.24) is 14.7 Å². The standard InChI is InChI=1S/C15H21NO.C14H19NO.C13H19NO/c1-3-4-13-5-7-14(8-6-13)17-15-9-11-16(2)12-10-15;1-3-4-12-5-7-13(8-6-12)16-14-9-10-15(2)11-14;1-4-5-12-6-8-13(9-7-12)15-11-10-14(2)3/h3-8,15H,9-12H2,1-2H3;3-8,14H,9-11H2,1-2H3;4-9H,10-11H2,1-3H3/b2*4-3+;5-4+. The van der Waals surface area contributed by atoms with E-state index in [0.29, 0.717) is 12.2 Å². The van der Waals surface area contributed by atoms with E-state index >= 15 is 0 Å². The van der Waals surface area contributed by atoms with Gasteiger partial charge in [0.15, 0.2) is 0 Å². The molecule has 1 atom stereocenters. The van der Waals surface area contributed by atoms with Crippen LogP contribution in [0.1, 0.15) is 56.7 Å². The second kappa shape index (κ2) is 21.9. The largest absolute Gasteiger partial charge is 0.492 e. The topological polar surface area (TPSA) is 37.4 Å². The van der Waals surface area contributed by atoms with Crippen LogP contribution in [0, 0.1) is 0 Å². The highest BCUT2D eigenvalue weighted by molar-refractivity contribution is 5.51. The Bertz CT molecular complexity index is 1360. The zero-order valence-corrected chi connectivity index (χ0v) is 30.5. The molecule has 2 saturated heterocycles. The Hall–Kier alpha value is -3.84. The lowest BCUT2D eigenvalue weighted by atomic mass is 10.1. The van der Waals surface area contributed by atoms with Crippen molar-refractivity contribution in [2.75, 3.05) is 67.5 Å². The van der Waals surface area contributed by atoms with Crippen molar-refractivity contribution in [3.63, 3.8) is 0 Å². The average Bonchev–Trinajstić information content (AvgIpc) is 3.50. The van der Waals surface area contributed by atoms with Gasteiger partial charge in [-0.3, -0.25) is 0 Å². The third kappa shape index (κ3) is 15.4. The Morgan fingerprint density at radius 1 is 0.583 bits per heavy atom. The first-order valence-corrected chi connectivity index (χ1v) is 17.4. The molecule has 0 aliphatic carbocycles. The first-order valence-electron chi connectivity index (χ1n) is 17.4. The molecule has 5 rings (SSSR count). The first-order chi connectivity index (χ1) is 23.3. The SMILES string of the molecule is C/C=C/c1ccc(OC2CCN(C)C2)cc1.C/C=C/c1ccc(OC2CCN(C)CC2)cc1.C/C=C/c1ccc(OCCN(C)C)cc1. The summed E-state index contributed by atoms with van der Waals surface area (Å²) in [6.07, 6.45) is 16.5. The van der Waals surface area contributed by atoms with Gasteiger partial charge < -0.3 is 28.9 Å². The first kappa shape index (κ1) is 38.6. The van der Waals surface area contributed by atoms with Gasteiger partial charge in [-0.1, -0.05) is 72.9 Å². The van der Waals surface area contributed by atoms with Crippen LogP contribution in [0.2, 0.25) is 0 Å². The van der Waals surface area contributed by atoms with Gasteiger partial charge in [0, 0.05) is 32.7 Å². The Balaban J connectivity index is 0.000000196. The molecule has 0 aromatic heterocycles. The van der Waals surface area contributed by atoms with Gasteiger partial charge in [0.05, 0.1) is 0 Å². The second-order valence-electron chi connectivity index (χ2n) is 12.8. The van der Waals surface area contributed by atoms with Crippen molar-refractivity contribution in [2.45, 2.75) is 52.2 Å². The molecule has 6 heteroatoms. The van der Waals surface area contributed by atoms with E-state index < -0.39 is 0 Å². The average molecular weight is 654 g/mol. The number of piperidine rings is 1. The minimum atomic E-state index is 0.359. The summed E-state index contributed by atoms with van der Waals surface area (Å²) in [5, 5.41) is 0. The molecule has 3 aromatic carbocycles. The molecule has 260 valence electrons. The fourth-order valence-corrected chi connectivity index (χ4v) is 5.39. The minimum absolute atomic E-state index is 0.359. The molecular formula is C42H59N3O3. The molecule has 0 spiro atoms. The van der Waals surface area contributed by atoms with Gasteiger partial charge in [0.25, 0.3) is 0 Å². The van der Waals surface area contributed by atoms with Crippen LogP contribution >= 0.6 is 0 Å². The summed E-state index contributed by atoms with van der Waals surface area (Å²) in [5.41, 5.74) is 3.65. The van der Waals surface area contributed by atoms with Gasteiger partial charge >= 0.3 is 0 Å². The third-order valence-electron chi connectivity index (χ3n) is 8.14. The van der Waals surface area contributed by atoms with Crippen LogP contribution in [0.3, 0.4) is 0 Å². The molecule has 1 unspecified atom stereocenters. The van der Waals surface area contributed by atoms with Gasteiger partial charge in [-0.05, 0) is 121 Å². The molecular weight excluding hydrogens is 594 g/mol. The van der Waals surface area contributed by atoms with Crippen LogP contribution in [0.25, 0.3) is 18.2 Å². The number of allylic oxidation sites excluding steroid dienone is 3. The highest BCUT2D eigenvalue weighted by Crippen LogP contribution is 2.20. The molecule has 0 N–H and O–H groups in total. The minimum Gasteiger partial charge on any atom is -0.492 e. The van der Waals surface area contributed by atoms with E-state index in [9.17, 15) is 0 Å². The molecule has 2 aliphatic rings. The quantitative estimate of drug-likeness (QED) is 0.206. The molecule has 6 nitrogen and oxygen atoms in total. The molecule has 2 aliphatic heterocycles. The number of likely N-dealkylation sites (N-methyl/N-ethyl adjacent to an activating group) is 2. The van der Waals surface area contributed by atoms with Crippen molar-refractivity contribution in [2.24, 2.45) is 0 Å². The predicted octanol–water partition coefficient (Wildman–Crippen LogP) is 8.66. The van der Waals surface area contributed by atoms with Crippen LogP contribution in [0.15, 0.2) is 91.0 Å². The maximum Gasteiger partial charge on any atom is 0.119 e. The van der Waals surface area contributed by atoms with Gasteiger partial charge in [-0.25, -0.2) is 0 Å². The van der Waals surface area contributed by atoms with E-state index in [0.717, 1.165) is 75.8 Å². The van der Waals surface area contributed by atoms with Crippen LogP contribution in [0.5, 0.6) is 17.2 Å². The summed E-state index contributed by atoms with van der Waals surface area (Å²) >= 11 is 0. The van der Waals surface area contributed by atoms with Crippen molar-refractivity contribution < 1.29 is 14.2 Å². The van der Waals surface area contributed by atoms with Crippen LogP contribution in [-0.4, -0.2) is 94.4 Å². The van der Waals surface area contributed by atoms with E-state index in [1.807, 2.05) is 77.4 Å². The summed E-state index contributed by atoms with van der Waals surface area (Å²) in [7, 11) is 8.39. The molecule has 3 aromatic rings. The zero-order chi connectivity index (χ0) is 34.6. The maximum absolute atomic E-state index is 5.99. The van der Waals surface area contributed by atoms with Gasteiger partial charge in [-0.2, -0.15) is 0 Å². The van der Waals surface area contributed by atoms with Gasteiger partial charge in [0.1, 0.15) is 36.1 Å². The lowest BCUT2D eigenvalue weighted by Gasteiger charge is -2.29. The molecule has 48 heavy (non-hydrogen) atoms. The van der Waals surface area contributed by atoms with E-state index in [-0.39, 0.29) is 0 Å². The summed E-state index contributed by atoms with van der Waals surface area (Å²) in [6, 6.07) is 24.7. The fraction of sp³-hybridized carbons (Fsp3) is 0.429. The van der Waals surface area contributed by atoms with E-state index in [1.165, 1.54) is 16.7 Å². The molecule has 0 saturated carbocycles. The highest BCUT2D eigenvalue weighted by atomic mass is 16.5. The number of likely N-dealkylation sites (tertiary alicyclic amines) is 2. The fourth-order valence-electron chi connectivity index (χ4n) is 5.39. The van der Waals surface area contributed by atoms with Crippen LogP contribution in [-0.2, 0) is 0 Å². The second-order valence-corrected chi connectivity index (χ2v) is 12.8. The molecule has 0 amide bonds. The number of rotatable bonds is 11. The van der Waals surface area contributed by atoms with E-state index in [1.54, 1.807) is 0 Å². The third-order valence-corrected chi connectivity index (χ3v) is 8.14. The zero-order valence-electron chi connectivity index (χ0n) is 30.5. The predicted molar refractivity (Wildman–Crippen MR) is 205 cm³/mol. The highest BCUT2D eigenvalue weighted by Gasteiger charge is 2.20. The lowest BCUT2D eigenvalue weighted by molar-refractivity contribution is 0.114. The van der Waals surface area contributed by atoms with Crippen LogP contribution < -0.4 is 14.2 Å². The maximum atomic E-state index is 5.99. The summed E-state index contributed by atoms with van der Waals surface area (Å²) in [5.74, 6) is 2.91. The van der Waals surface area contributed by atoms with E-state index in [4.69, 9.17) is 14.2 Å². The summed E-state index contributed by atoms with van der Waals surface area (Å²) in [6.45, 7) is 12.2. The van der Waals surface area contributed by atoms with E-state index in [2.05, 4.69) is 95.6 Å². The number of hydrogen-bond donors (Lipinski definition) is 0. The smallest absolute Gasteiger partial charge is 0.119 e. The van der Waals surface area contributed by atoms with Crippen LogP contribution in [0.4, 0.5) is 0 Å². The van der Waals surface area contributed by atoms with Crippen molar-refractivity contribution in [1.29, 1.82) is 0 Å². The Morgan fingerprint density at radius 3 is 1.38 bits per heavy atom. The summed E-state index contributed by atoms with van der Waals surface area (Å²) < 4.78 is 17.5. The lowest BCUT2D eigenvalue weighted by Crippen LogP contribution is -2.35. The van der Waals surface area contributed by atoms with Crippen molar-refractivity contribution >= 4 is 18.2 Å². The number of ether oxygens (including phenoxy) is 3.